The second-order valence-electron chi connectivity index (χ2n) is 7.77. The lowest BCUT2D eigenvalue weighted by Gasteiger charge is -2.35. The Morgan fingerprint density at radius 2 is 1.93 bits per heavy atom. The van der Waals surface area contributed by atoms with Gasteiger partial charge in [0.25, 0.3) is 5.91 Å². The molecule has 8 nitrogen and oxygen atoms in total. The largest absolute Gasteiger partial charge is 0.463 e. The summed E-state index contributed by atoms with van der Waals surface area (Å²) in [5.41, 5.74) is 2.72. The molecular formula is C22H30N4O4. The van der Waals surface area contributed by atoms with Crippen molar-refractivity contribution in [3.63, 3.8) is 0 Å². The number of likely N-dealkylation sites (tertiary alicyclic amines) is 1. The molecule has 2 aliphatic rings. The molecule has 2 heterocycles. The van der Waals surface area contributed by atoms with E-state index < -0.39 is 12.0 Å². The molecule has 0 spiro atoms. The van der Waals surface area contributed by atoms with Gasteiger partial charge < -0.3 is 20.7 Å². The molecule has 1 aromatic carbocycles. The van der Waals surface area contributed by atoms with Crippen molar-refractivity contribution in [3.05, 3.63) is 46.7 Å². The minimum Gasteiger partial charge on any atom is -0.463 e. The molecule has 1 unspecified atom stereocenters. The molecule has 0 radical (unpaired) electrons. The first-order chi connectivity index (χ1) is 14.4. The monoisotopic (exact) mass is 414 g/mol. The van der Waals surface area contributed by atoms with Crippen molar-refractivity contribution in [2.24, 2.45) is 0 Å². The number of ether oxygens (including phenoxy) is 1. The molecule has 0 aliphatic carbocycles. The van der Waals surface area contributed by atoms with Crippen LogP contribution in [0.25, 0.3) is 0 Å². The van der Waals surface area contributed by atoms with Crippen molar-refractivity contribution >= 4 is 17.9 Å². The number of carbonyl (C=O) groups is 3. The Morgan fingerprint density at radius 3 is 2.60 bits per heavy atom. The summed E-state index contributed by atoms with van der Waals surface area (Å²) in [4.78, 5) is 39.0. The number of urea groups is 1. The van der Waals surface area contributed by atoms with Gasteiger partial charge in [0.2, 0.25) is 0 Å². The number of nitrogens with one attached hydrogen (secondary N) is 3. The first-order valence-electron chi connectivity index (χ1n) is 10.5. The molecule has 3 N–H and O–H groups in total. The maximum absolute atomic E-state index is 12.5. The van der Waals surface area contributed by atoms with Crippen LogP contribution in [0, 0.1) is 6.92 Å². The lowest BCUT2D eigenvalue weighted by Crippen LogP contribution is -2.52. The second-order valence-corrected chi connectivity index (χ2v) is 7.77. The number of amides is 3. The quantitative estimate of drug-likeness (QED) is 0.616. The maximum atomic E-state index is 12.5. The minimum absolute atomic E-state index is 0.0432. The highest BCUT2D eigenvalue weighted by molar-refractivity contribution is 5.96. The zero-order valence-corrected chi connectivity index (χ0v) is 17.8. The van der Waals surface area contributed by atoms with Gasteiger partial charge in [0.15, 0.2) is 0 Å². The molecule has 8 heteroatoms. The lowest BCUT2D eigenvalue weighted by atomic mass is 10.0. The summed E-state index contributed by atoms with van der Waals surface area (Å²) in [5.74, 6) is -0.453. The third-order valence-corrected chi connectivity index (χ3v) is 5.56. The Bertz CT molecular complexity index is 843. The molecule has 162 valence electrons. The van der Waals surface area contributed by atoms with Crippen LogP contribution in [-0.4, -0.2) is 61.1 Å². The molecule has 0 bridgehead atoms. The molecular weight excluding hydrogens is 384 g/mol. The van der Waals surface area contributed by atoms with Crippen LogP contribution in [0.3, 0.4) is 0 Å². The van der Waals surface area contributed by atoms with Gasteiger partial charge in [-0.05, 0) is 45.2 Å². The van der Waals surface area contributed by atoms with E-state index in [1.54, 1.807) is 13.8 Å². The van der Waals surface area contributed by atoms with Crippen LogP contribution in [0.15, 0.2) is 35.5 Å². The van der Waals surface area contributed by atoms with Gasteiger partial charge in [-0.3, -0.25) is 9.69 Å². The van der Waals surface area contributed by atoms with Crippen LogP contribution in [0.4, 0.5) is 4.79 Å². The minimum atomic E-state index is -0.409. The van der Waals surface area contributed by atoms with E-state index in [1.807, 2.05) is 31.2 Å². The number of hydrogen-bond donors (Lipinski definition) is 3. The van der Waals surface area contributed by atoms with Gasteiger partial charge in [0.1, 0.15) is 0 Å². The van der Waals surface area contributed by atoms with Crippen molar-refractivity contribution in [2.75, 3.05) is 26.2 Å². The average molecular weight is 415 g/mol. The summed E-state index contributed by atoms with van der Waals surface area (Å²) < 4.78 is 5.16. The molecule has 1 fully saturated rings. The Labute approximate surface area is 177 Å². The van der Waals surface area contributed by atoms with Crippen molar-refractivity contribution in [3.8, 4) is 0 Å². The fourth-order valence-electron chi connectivity index (χ4n) is 3.95. The maximum Gasteiger partial charge on any atom is 0.337 e. The number of nitrogens with zero attached hydrogens (tertiary/aromatic N) is 1. The van der Waals surface area contributed by atoms with E-state index in [4.69, 9.17) is 4.74 Å². The van der Waals surface area contributed by atoms with Gasteiger partial charge in [-0.2, -0.15) is 0 Å². The number of esters is 1. The summed E-state index contributed by atoms with van der Waals surface area (Å²) in [6, 6.07) is 6.95. The van der Waals surface area contributed by atoms with Crippen LogP contribution in [0.1, 0.15) is 42.6 Å². The molecule has 2 aliphatic heterocycles. The van der Waals surface area contributed by atoms with Gasteiger partial charge in [0, 0.05) is 36.9 Å². The molecule has 0 aromatic heterocycles. The van der Waals surface area contributed by atoms with Crippen LogP contribution in [0.2, 0.25) is 0 Å². The third kappa shape index (κ3) is 5.18. The van der Waals surface area contributed by atoms with Gasteiger partial charge in [-0.25, -0.2) is 9.59 Å². The summed E-state index contributed by atoms with van der Waals surface area (Å²) in [6.45, 7) is 7.73. The zero-order valence-electron chi connectivity index (χ0n) is 17.8. The van der Waals surface area contributed by atoms with E-state index in [1.165, 1.54) is 0 Å². The van der Waals surface area contributed by atoms with Crippen LogP contribution in [0.5, 0.6) is 0 Å². The van der Waals surface area contributed by atoms with Gasteiger partial charge >= 0.3 is 12.0 Å². The Kier molecular flexibility index (Phi) is 7.10. The second kappa shape index (κ2) is 9.75. The molecule has 0 saturated carbocycles. The zero-order chi connectivity index (χ0) is 21.7. The predicted octanol–water partition coefficient (Wildman–Crippen LogP) is 1.71. The average Bonchev–Trinajstić information content (AvgIpc) is 2.69. The van der Waals surface area contributed by atoms with Gasteiger partial charge in [-0.1, -0.05) is 18.2 Å². The van der Waals surface area contributed by atoms with E-state index in [0.717, 1.165) is 31.5 Å². The highest BCUT2D eigenvalue weighted by Crippen LogP contribution is 2.18. The number of carbonyl (C=O) groups excluding carboxylic acids is 3. The van der Waals surface area contributed by atoms with Crippen molar-refractivity contribution in [2.45, 2.75) is 45.7 Å². The van der Waals surface area contributed by atoms with E-state index >= 15 is 0 Å². The van der Waals surface area contributed by atoms with E-state index in [0.29, 0.717) is 23.4 Å². The standard InChI is InChI=1S/C22H30N4O4/c1-4-30-21(28)19-15(3)23-22(29)25-18(19)13-26-11-9-16(10-12-26)24-20(27)17-8-6-5-7-14(17)2/h5-8,15-16H,4,9-13H2,1-3H3,(H,24,27)(H2,23,25,29). The number of piperidine rings is 1. The number of rotatable bonds is 6. The highest BCUT2D eigenvalue weighted by atomic mass is 16.5. The molecule has 3 rings (SSSR count). The first-order valence-corrected chi connectivity index (χ1v) is 10.5. The highest BCUT2D eigenvalue weighted by Gasteiger charge is 2.31. The lowest BCUT2D eigenvalue weighted by molar-refractivity contribution is -0.139. The van der Waals surface area contributed by atoms with Crippen LogP contribution >= 0.6 is 0 Å². The normalized spacial score (nSPS) is 20.4. The van der Waals surface area contributed by atoms with Gasteiger partial charge in [0.05, 0.1) is 18.2 Å². The smallest absolute Gasteiger partial charge is 0.337 e. The van der Waals surface area contributed by atoms with Crippen molar-refractivity contribution < 1.29 is 19.1 Å². The summed E-state index contributed by atoms with van der Waals surface area (Å²) >= 11 is 0. The summed E-state index contributed by atoms with van der Waals surface area (Å²) in [5, 5.41) is 8.61. The van der Waals surface area contributed by atoms with E-state index in [-0.39, 0.29) is 24.6 Å². The van der Waals surface area contributed by atoms with Crippen LogP contribution in [-0.2, 0) is 9.53 Å². The van der Waals surface area contributed by atoms with E-state index in [2.05, 4.69) is 20.9 Å². The Balaban J connectivity index is 1.59. The number of aryl methyl sites for hydroxylation is 1. The predicted molar refractivity (Wildman–Crippen MR) is 113 cm³/mol. The van der Waals surface area contributed by atoms with Crippen LogP contribution < -0.4 is 16.0 Å². The first kappa shape index (κ1) is 21.8. The molecule has 3 amide bonds. The fourth-order valence-corrected chi connectivity index (χ4v) is 3.95. The third-order valence-electron chi connectivity index (χ3n) is 5.56. The Hall–Kier alpha value is -2.87. The molecule has 1 saturated heterocycles. The molecule has 30 heavy (non-hydrogen) atoms. The van der Waals surface area contributed by atoms with E-state index in [9.17, 15) is 14.4 Å². The molecule has 1 atom stereocenters. The Morgan fingerprint density at radius 1 is 1.23 bits per heavy atom. The number of benzene rings is 1. The number of hydrogen-bond acceptors (Lipinski definition) is 5. The topological polar surface area (TPSA) is 99.8 Å². The van der Waals surface area contributed by atoms with Gasteiger partial charge in [-0.15, -0.1) is 0 Å². The fraction of sp³-hybridized carbons (Fsp3) is 0.500. The summed E-state index contributed by atoms with van der Waals surface area (Å²) in [6.07, 6.45) is 1.61. The van der Waals surface area contributed by atoms with Crippen molar-refractivity contribution in [1.29, 1.82) is 0 Å². The molecule has 1 aromatic rings. The van der Waals surface area contributed by atoms with Crippen molar-refractivity contribution in [1.82, 2.24) is 20.9 Å². The SMILES string of the molecule is CCOC(=O)C1=C(CN2CCC(NC(=O)c3ccccc3C)CC2)NC(=O)NC1C. The summed E-state index contributed by atoms with van der Waals surface area (Å²) in [7, 11) is 0.